The molecular formula is C18H19N3O2. The lowest BCUT2D eigenvalue weighted by Crippen LogP contribution is -2.31. The number of nitriles is 1. The number of carbonyl (C=O) groups is 1. The fourth-order valence-corrected chi connectivity index (χ4v) is 2.05. The van der Waals surface area contributed by atoms with E-state index >= 15 is 0 Å². The Morgan fingerprint density at radius 1 is 1.22 bits per heavy atom. The highest BCUT2D eigenvalue weighted by molar-refractivity contribution is 5.96. The molecule has 1 atom stereocenters. The normalized spacial score (nSPS) is 11.2. The van der Waals surface area contributed by atoms with Crippen molar-refractivity contribution in [3.63, 3.8) is 0 Å². The number of hydrogen-bond donors (Lipinski definition) is 2. The van der Waals surface area contributed by atoms with E-state index in [2.05, 4.69) is 10.6 Å². The summed E-state index contributed by atoms with van der Waals surface area (Å²) in [6.07, 6.45) is 0. The summed E-state index contributed by atoms with van der Waals surface area (Å²) in [6, 6.07) is 15.9. The summed E-state index contributed by atoms with van der Waals surface area (Å²) in [5.74, 6) is 0.623. The van der Waals surface area contributed by atoms with Crippen LogP contribution in [0.2, 0.25) is 0 Å². The topological polar surface area (TPSA) is 74.2 Å². The average molecular weight is 309 g/mol. The van der Waals surface area contributed by atoms with Gasteiger partial charge in [0.15, 0.2) is 0 Å². The Hall–Kier alpha value is -3.00. The number of ether oxygens (including phenoxy) is 1. The Bertz CT molecular complexity index is 705. The number of amides is 1. The number of nitrogens with one attached hydrogen (secondary N) is 2. The predicted molar refractivity (Wildman–Crippen MR) is 90.5 cm³/mol. The van der Waals surface area contributed by atoms with E-state index in [-0.39, 0.29) is 5.91 Å². The van der Waals surface area contributed by atoms with E-state index in [9.17, 15) is 4.79 Å². The minimum atomic E-state index is -0.418. The molecule has 0 aliphatic rings. The minimum absolute atomic E-state index is 0.172. The van der Waals surface area contributed by atoms with Crippen molar-refractivity contribution in [3.05, 3.63) is 54.1 Å². The van der Waals surface area contributed by atoms with Gasteiger partial charge >= 0.3 is 0 Å². The third-order valence-electron chi connectivity index (χ3n) is 3.20. The SMILES string of the molecule is CCOc1ccc(NC(C)C(=O)Nc2cccc(C#N)c2)cc1. The van der Waals surface area contributed by atoms with Gasteiger partial charge in [0.05, 0.1) is 18.2 Å². The van der Waals surface area contributed by atoms with E-state index in [1.807, 2.05) is 37.3 Å². The van der Waals surface area contributed by atoms with Crippen molar-refractivity contribution in [1.82, 2.24) is 0 Å². The molecule has 0 fully saturated rings. The molecule has 2 aromatic rings. The molecule has 1 unspecified atom stereocenters. The summed E-state index contributed by atoms with van der Waals surface area (Å²) >= 11 is 0. The Morgan fingerprint density at radius 3 is 2.61 bits per heavy atom. The number of anilines is 2. The van der Waals surface area contributed by atoms with Crippen LogP contribution in [0.3, 0.4) is 0 Å². The molecule has 5 nitrogen and oxygen atoms in total. The number of benzene rings is 2. The standard InChI is InChI=1S/C18H19N3O2/c1-3-23-17-9-7-15(8-10-17)20-13(2)18(22)21-16-6-4-5-14(11-16)12-19/h4-11,13,20H,3H2,1-2H3,(H,21,22). The van der Waals surface area contributed by atoms with Gasteiger partial charge in [0.1, 0.15) is 11.8 Å². The van der Waals surface area contributed by atoms with Gasteiger partial charge in [0, 0.05) is 11.4 Å². The zero-order chi connectivity index (χ0) is 16.7. The van der Waals surface area contributed by atoms with Gasteiger partial charge in [-0.15, -0.1) is 0 Å². The zero-order valence-electron chi connectivity index (χ0n) is 13.2. The molecule has 1 amide bonds. The lowest BCUT2D eigenvalue weighted by Gasteiger charge is -2.15. The highest BCUT2D eigenvalue weighted by atomic mass is 16.5. The number of rotatable bonds is 6. The molecule has 2 rings (SSSR count). The molecule has 0 aromatic heterocycles. The van der Waals surface area contributed by atoms with Gasteiger partial charge in [-0.3, -0.25) is 4.79 Å². The van der Waals surface area contributed by atoms with Gasteiger partial charge < -0.3 is 15.4 Å². The highest BCUT2D eigenvalue weighted by Crippen LogP contribution is 2.17. The van der Waals surface area contributed by atoms with Crippen LogP contribution in [0, 0.1) is 11.3 Å². The quantitative estimate of drug-likeness (QED) is 0.857. The molecule has 0 aliphatic heterocycles. The maximum atomic E-state index is 12.2. The molecular weight excluding hydrogens is 290 g/mol. The van der Waals surface area contributed by atoms with Gasteiger partial charge in [-0.25, -0.2) is 0 Å². The fraction of sp³-hybridized carbons (Fsp3) is 0.222. The van der Waals surface area contributed by atoms with Crippen LogP contribution < -0.4 is 15.4 Å². The highest BCUT2D eigenvalue weighted by Gasteiger charge is 2.13. The second-order valence-electron chi connectivity index (χ2n) is 5.01. The Labute approximate surface area is 135 Å². The minimum Gasteiger partial charge on any atom is -0.494 e. The Balaban J connectivity index is 1.95. The van der Waals surface area contributed by atoms with E-state index < -0.39 is 6.04 Å². The van der Waals surface area contributed by atoms with Crippen molar-refractivity contribution in [2.45, 2.75) is 19.9 Å². The smallest absolute Gasteiger partial charge is 0.246 e. The van der Waals surface area contributed by atoms with Crippen molar-refractivity contribution in [2.24, 2.45) is 0 Å². The number of hydrogen-bond acceptors (Lipinski definition) is 4. The molecule has 0 heterocycles. The molecule has 23 heavy (non-hydrogen) atoms. The fourth-order valence-electron chi connectivity index (χ4n) is 2.05. The molecule has 0 saturated carbocycles. The van der Waals surface area contributed by atoms with Gasteiger partial charge in [-0.05, 0) is 56.3 Å². The molecule has 0 aliphatic carbocycles. The van der Waals surface area contributed by atoms with Crippen LogP contribution in [-0.4, -0.2) is 18.6 Å². The van der Waals surface area contributed by atoms with Gasteiger partial charge in [0.2, 0.25) is 5.91 Å². The van der Waals surface area contributed by atoms with Crippen LogP contribution in [0.4, 0.5) is 11.4 Å². The van der Waals surface area contributed by atoms with Crippen LogP contribution in [0.5, 0.6) is 5.75 Å². The summed E-state index contributed by atoms with van der Waals surface area (Å²) in [7, 11) is 0. The van der Waals surface area contributed by atoms with Crippen LogP contribution in [0.25, 0.3) is 0 Å². The summed E-state index contributed by atoms with van der Waals surface area (Å²) in [5, 5.41) is 14.8. The second kappa shape index (κ2) is 7.85. The third-order valence-corrected chi connectivity index (χ3v) is 3.20. The van der Waals surface area contributed by atoms with E-state index in [1.165, 1.54) is 0 Å². The van der Waals surface area contributed by atoms with E-state index in [0.29, 0.717) is 17.9 Å². The van der Waals surface area contributed by atoms with E-state index in [1.54, 1.807) is 31.2 Å². The predicted octanol–water partition coefficient (Wildman–Crippen LogP) is 3.40. The largest absolute Gasteiger partial charge is 0.494 e. The lowest BCUT2D eigenvalue weighted by molar-refractivity contribution is -0.116. The number of carbonyl (C=O) groups excluding carboxylic acids is 1. The first kappa shape index (κ1) is 16.4. The van der Waals surface area contributed by atoms with Crippen molar-refractivity contribution < 1.29 is 9.53 Å². The average Bonchev–Trinajstić information content (AvgIpc) is 2.57. The molecule has 2 aromatic carbocycles. The molecule has 0 bridgehead atoms. The first-order chi connectivity index (χ1) is 11.1. The molecule has 0 spiro atoms. The molecule has 2 N–H and O–H groups in total. The summed E-state index contributed by atoms with van der Waals surface area (Å²) in [5.41, 5.74) is 1.95. The van der Waals surface area contributed by atoms with Crippen molar-refractivity contribution >= 4 is 17.3 Å². The van der Waals surface area contributed by atoms with E-state index in [4.69, 9.17) is 10.00 Å². The monoisotopic (exact) mass is 309 g/mol. The molecule has 5 heteroatoms. The van der Waals surface area contributed by atoms with Gasteiger partial charge in [0.25, 0.3) is 0 Å². The van der Waals surface area contributed by atoms with Crippen LogP contribution in [-0.2, 0) is 4.79 Å². The second-order valence-corrected chi connectivity index (χ2v) is 5.01. The van der Waals surface area contributed by atoms with Gasteiger partial charge in [-0.1, -0.05) is 6.07 Å². The van der Waals surface area contributed by atoms with Crippen molar-refractivity contribution in [2.75, 3.05) is 17.2 Å². The van der Waals surface area contributed by atoms with Crippen LogP contribution >= 0.6 is 0 Å². The maximum Gasteiger partial charge on any atom is 0.246 e. The van der Waals surface area contributed by atoms with Gasteiger partial charge in [-0.2, -0.15) is 5.26 Å². The third kappa shape index (κ3) is 4.75. The van der Waals surface area contributed by atoms with Crippen LogP contribution in [0.15, 0.2) is 48.5 Å². The van der Waals surface area contributed by atoms with Crippen LogP contribution in [0.1, 0.15) is 19.4 Å². The van der Waals surface area contributed by atoms with E-state index in [0.717, 1.165) is 11.4 Å². The zero-order valence-corrected chi connectivity index (χ0v) is 13.2. The molecule has 0 saturated heterocycles. The van der Waals surface area contributed by atoms with Crippen molar-refractivity contribution in [1.29, 1.82) is 5.26 Å². The summed E-state index contributed by atoms with van der Waals surface area (Å²) in [6.45, 7) is 4.33. The summed E-state index contributed by atoms with van der Waals surface area (Å²) < 4.78 is 5.38. The lowest BCUT2D eigenvalue weighted by atomic mass is 10.2. The Morgan fingerprint density at radius 2 is 1.96 bits per heavy atom. The first-order valence-electron chi connectivity index (χ1n) is 7.43. The molecule has 0 radical (unpaired) electrons. The summed E-state index contributed by atoms with van der Waals surface area (Å²) in [4.78, 5) is 12.2. The number of nitrogens with zero attached hydrogens (tertiary/aromatic N) is 1. The van der Waals surface area contributed by atoms with Crippen molar-refractivity contribution in [3.8, 4) is 11.8 Å². The molecule has 118 valence electrons. The first-order valence-corrected chi connectivity index (χ1v) is 7.43. The maximum absolute atomic E-state index is 12.2. The Kier molecular flexibility index (Phi) is 5.59.